The van der Waals surface area contributed by atoms with Gasteiger partial charge < -0.3 is 10.4 Å². The van der Waals surface area contributed by atoms with E-state index in [1.807, 2.05) is 10.7 Å². The number of nitrogens with zero attached hydrogens (tertiary/aromatic N) is 4. The molecule has 1 spiro atoms. The Hall–Kier alpha value is -3.53. The molecule has 1 saturated heterocycles. The molecule has 202 valence electrons. The van der Waals surface area contributed by atoms with Crippen LogP contribution in [0, 0.1) is 11.7 Å². The quantitative estimate of drug-likeness (QED) is 0.315. The molecule has 1 amide bonds. The lowest BCUT2D eigenvalue weighted by Gasteiger charge is -2.40. The molecule has 4 aliphatic rings. The van der Waals surface area contributed by atoms with Crippen LogP contribution in [0.25, 0.3) is 10.9 Å². The molecule has 2 aromatic carbocycles. The van der Waals surface area contributed by atoms with E-state index in [1.54, 1.807) is 36.4 Å². The van der Waals surface area contributed by atoms with Gasteiger partial charge >= 0.3 is 5.97 Å². The Morgan fingerprint density at radius 1 is 1.18 bits per heavy atom. The Labute approximate surface area is 237 Å². The van der Waals surface area contributed by atoms with Gasteiger partial charge in [-0.2, -0.15) is 5.10 Å². The number of rotatable bonds is 4. The van der Waals surface area contributed by atoms with Crippen molar-refractivity contribution in [1.29, 1.82) is 0 Å². The fourth-order valence-corrected chi connectivity index (χ4v) is 7.68. The molecule has 0 bridgehead atoms. The molecule has 11 heteroatoms. The van der Waals surface area contributed by atoms with Crippen LogP contribution in [0.5, 0.6) is 0 Å². The molecule has 40 heavy (non-hydrogen) atoms. The van der Waals surface area contributed by atoms with Crippen LogP contribution >= 0.6 is 23.2 Å². The Morgan fingerprint density at radius 3 is 2.77 bits per heavy atom. The summed E-state index contributed by atoms with van der Waals surface area (Å²) in [5.74, 6) is -1.77. The number of carbonyl (C=O) groups is 2. The second kappa shape index (κ2) is 8.25. The van der Waals surface area contributed by atoms with E-state index >= 15 is 4.39 Å². The van der Waals surface area contributed by atoms with Crippen LogP contribution in [0.1, 0.15) is 52.0 Å². The van der Waals surface area contributed by atoms with Gasteiger partial charge in [-0.3, -0.25) is 14.4 Å². The van der Waals surface area contributed by atoms with E-state index in [0.717, 1.165) is 23.9 Å². The minimum Gasteiger partial charge on any atom is -0.478 e. The maximum atomic E-state index is 16.0. The number of nitrogens with one attached hydrogen (secondary N) is 1. The van der Waals surface area contributed by atoms with Crippen molar-refractivity contribution < 1.29 is 19.1 Å². The minimum atomic E-state index is -1.27. The zero-order valence-electron chi connectivity index (χ0n) is 20.9. The smallest absolute Gasteiger partial charge is 0.335 e. The topological polar surface area (TPSA) is 100 Å². The van der Waals surface area contributed by atoms with Gasteiger partial charge in [0, 0.05) is 41.6 Å². The molecular formula is C29H22Cl2FN5O3. The number of aromatic nitrogens is 3. The second-order valence-electron chi connectivity index (χ2n) is 11.2. The van der Waals surface area contributed by atoms with E-state index in [1.165, 1.54) is 6.07 Å². The third kappa shape index (κ3) is 3.11. The van der Waals surface area contributed by atoms with Crippen molar-refractivity contribution in [3.8, 4) is 0 Å². The summed E-state index contributed by atoms with van der Waals surface area (Å²) in [6.07, 6.45) is 2.71. The van der Waals surface area contributed by atoms with E-state index < -0.39 is 29.3 Å². The highest BCUT2D eigenvalue weighted by atomic mass is 35.5. The number of anilines is 1. The maximum absolute atomic E-state index is 16.0. The summed E-state index contributed by atoms with van der Waals surface area (Å²) in [6.45, 7) is 0.668. The third-order valence-corrected chi connectivity index (χ3v) is 9.59. The van der Waals surface area contributed by atoms with E-state index in [-0.39, 0.29) is 27.7 Å². The van der Waals surface area contributed by atoms with Crippen molar-refractivity contribution in [3.05, 3.63) is 86.9 Å². The highest BCUT2D eigenvalue weighted by Crippen LogP contribution is 2.64. The van der Waals surface area contributed by atoms with Crippen molar-refractivity contribution in [2.75, 3.05) is 11.9 Å². The molecular weight excluding hydrogens is 556 g/mol. The predicted octanol–water partition coefficient (Wildman–Crippen LogP) is 5.40. The number of likely N-dealkylation sites (tertiary alicyclic amines) is 1. The summed E-state index contributed by atoms with van der Waals surface area (Å²) < 4.78 is 17.9. The van der Waals surface area contributed by atoms with Crippen molar-refractivity contribution in [3.63, 3.8) is 0 Å². The van der Waals surface area contributed by atoms with E-state index in [0.29, 0.717) is 41.3 Å². The fourth-order valence-electron chi connectivity index (χ4n) is 7.35. The SMILES string of the molecule is O=C(O)c1ccc2c3n(nc2c1)[C@@H]1[C@H](C3)N(CC2CC2)[C@@]2(C(=O)Nc3nc(Cl)ccc32)[C@H]1c1cccc(Cl)c1F. The molecule has 4 aromatic rings. The number of amides is 1. The van der Waals surface area contributed by atoms with Crippen molar-refractivity contribution in [1.82, 2.24) is 19.7 Å². The van der Waals surface area contributed by atoms with Gasteiger partial charge in [0.25, 0.3) is 5.91 Å². The molecule has 0 radical (unpaired) electrons. The highest BCUT2D eigenvalue weighted by molar-refractivity contribution is 6.31. The zero-order valence-corrected chi connectivity index (χ0v) is 22.5. The van der Waals surface area contributed by atoms with Crippen LogP contribution in [0.2, 0.25) is 10.2 Å². The molecule has 8 rings (SSSR count). The molecule has 8 nitrogen and oxygen atoms in total. The Kier molecular flexibility index (Phi) is 5.01. The molecule has 5 heterocycles. The molecule has 2 fully saturated rings. The first-order valence-corrected chi connectivity index (χ1v) is 14.0. The number of aromatic carboxylic acids is 1. The van der Waals surface area contributed by atoms with E-state index in [4.69, 9.17) is 28.3 Å². The number of hydrogen-bond donors (Lipinski definition) is 2. The third-order valence-electron chi connectivity index (χ3n) is 9.09. The average molecular weight is 578 g/mol. The van der Waals surface area contributed by atoms with Gasteiger partial charge in [-0.25, -0.2) is 14.2 Å². The molecule has 4 atom stereocenters. The number of carboxylic acid groups (broad SMARTS) is 1. The summed E-state index contributed by atoms with van der Waals surface area (Å²) >= 11 is 12.6. The van der Waals surface area contributed by atoms with Crippen LogP contribution in [-0.2, 0) is 16.8 Å². The monoisotopic (exact) mass is 577 g/mol. The number of fused-ring (bicyclic) bond motifs is 7. The fraction of sp³-hybridized carbons (Fsp3) is 0.310. The second-order valence-corrected chi connectivity index (χ2v) is 12.0. The number of carboxylic acids is 1. The average Bonchev–Trinajstić information content (AvgIpc) is 3.37. The first-order valence-electron chi connectivity index (χ1n) is 13.2. The number of halogens is 3. The van der Waals surface area contributed by atoms with Crippen molar-refractivity contribution in [2.45, 2.75) is 42.8 Å². The van der Waals surface area contributed by atoms with Crippen LogP contribution in [-0.4, -0.2) is 49.2 Å². The Bertz CT molecular complexity index is 1790. The first kappa shape index (κ1) is 24.3. The summed E-state index contributed by atoms with van der Waals surface area (Å²) in [6, 6.07) is 12.7. The first-order chi connectivity index (χ1) is 19.3. The summed E-state index contributed by atoms with van der Waals surface area (Å²) in [5.41, 5.74) is 1.36. The van der Waals surface area contributed by atoms with E-state index in [9.17, 15) is 14.7 Å². The largest absolute Gasteiger partial charge is 0.478 e. The van der Waals surface area contributed by atoms with Crippen molar-refractivity contribution >= 4 is 51.8 Å². The Morgan fingerprint density at radius 2 is 2.00 bits per heavy atom. The molecule has 2 N–H and O–H groups in total. The standard InChI is InChI=1S/C29H22Cl2FN5O3/c30-18-3-1-2-16(24(18)32)23-25-21(11-20-15-7-6-14(27(38)39)10-19(15)35-37(20)25)36(12-13-4-5-13)29(23)17-8-9-22(31)33-26(17)34-28(29)40/h1-3,6-10,13,21,23,25H,4-5,11-12H2,(H,38,39)(H,33,34,40)/t21-,23-,25+,29+/m0/s1. The lowest BCUT2D eigenvalue weighted by atomic mass is 9.74. The van der Waals surface area contributed by atoms with E-state index in [2.05, 4.69) is 15.2 Å². The predicted molar refractivity (Wildman–Crippen MR) is 146 cm³/mol. The van der Waals surface area contributed by atoms with Gasteiger partial charge in [0.2, 0.25) is 0 Å². The maximum Gasteiger partial charge on any atom is 0.335 e. The van der Waals surface area contributed by atoms with Gasteiger partial charge in [0.05, 0.1) is 22.1 Å². The molecule has 0 unspecified atom stereocenters. The summed E-state index contributed by atoms with van der Waals surface area (Å²) in [7, 11) is 0. The molecule has 3 aliphatic heterocycles. The zero-order chi connectivity index (χ0) is 27.5. The highest BCUT2D eigenvalue weighted by Gasteiger charge is 2.70. The normalized spacial score (nSPS) is 26.8. The van der Waals surface area contributed by atoms with Gasteiger partial charge in [-0.05, 0) is 54.7 Å². The van der Waals surface area contributed by atoms with Crippen LogP contribution in [0.15, 0.2) is 48.5 Å². The van der Waals surface area contributed by atoms with Gasteiger partial charge in [-0.15, -0.1) is 0 Å². The number of pyridine rings is 1. The van der Waals surface area contributed by atoms with Gasteiger partial charge in [0.1, 0.15) is 22.3 Å². The molecule has 2 aromatic heterocycles. The van der Waals surface area contributed by atoms with Crippen molar-refractivity contribution in [2.24, 2.45) is 5.92 Å². The Balaban J connectivity index is 1.42. The van der Waals surface area contributed by atoms with Crippen LogP contribution < -0.4 is 5.32 Å². The molecule has 1 saturated carbocycles. The van der Waals surface area contributed by atoms with Gasteiger partial charge in [-0.1, -0.05) is 41.4 Å². The summed E-state index contributed by atoms with van der Waals surface area (Å²) in [4.78, 5) is 32.6. The minimum absolute atomic E-state index is 0.0207. The van der Waals surface area contributed by atoms with Gasteiger partial charge in [0.15, 0.2) is 0 Å². The summed E-state index contributed by atoms with van der Waals surface area (Å²) in [5, 5.41) is 18.5. The lowest BCUT2D eigenvalue weighted by Crippen LogP contribution is -2.53. The van der Waals surface area contributed by atoms with Crippen LogP contribution in [0.3, 0.4) is 0 Å². The number of benzene rings is 2. The number of hydrogen-bond acceptors (Lipinski definition) is 5. The number of carbonyl (C=O) groups excluding carboxylic acids is 1. The molecule has 1 aliphatic carbocycles. The van der Waals surface area contributed by atoms with Crippen LogP contribution in [0.4, 0.5) is 10.2 Å². The lowest BCUT2D eigenvalue weighted by molar-refractivity contribution is -0.128.